The van der Waals surface area contributed by atoms with Crippen molar-refractivity contribution in [2.24, 2.45) is 16.0 Å². The lowest BCUT2D eigenvalue weighted by Crippen LogP contribution is -2.40. The number of pyridine rings is 1. The second-order valence-corrected chi connectivity index (χ2v) is 6.01. The molecule has 3 rings (SSSR count). The number of fused-ring (bicyclic) bond motifs is 1. The lowest BCUT2D eigenvalue weighted by atomic mass is 9.99. The molecule has 4 N–H and O–H groups in total. The van der Waals surface area contributed by atoms with Gasteiger partial charge in [0.05, 0.1) is 11.0 Å². The third-order valence-electron chi connectivity index (χ3n) is 4.03. The molecule has 2 aromatic rings. The smallest absolute Gasteiger partial charge is 0.166 e. The van der Waals surface area contributed by atoms with Gasteiger partial charge in [-0.05, 0) is 32.8 Å². The standard InChI is InChI=1S/C14H19N7O/c1-13(2,22)9-5-4-8-21-10(9)18-20-12(21)14(6-7-14)11(17-15)19-16-3/h4-5,8,22H,3,6-7,15H2,1-2H3,(H,17,19). The van der Waals surface area contributed by atoms with Gasteiger partial charge in [0.1, 0.15) is 0 Å². The first-order valence-electron chi connectivity index (χ1n) is 7.02. The van der Waals surface area contributed by atoms with E-state index in [4.69, 9.17) is 5.84 Å². The van der Waals surface area contributed by atoms with Crippen molar-refractivity contribution in [3.8, 4) is 0 Å². The van der Waals surface area contributed by atoms with Gasteiger partial charge in [-0.25, -0.2) is 5.84 Å². The average molecular weight is 301 g/mol. The molecule has 1 saturated carbocycles. The molecule has 1 aliphatic carbocycles. The number of aliphatic hydroxyl groups is 1. The van der Waals surface area contributed by atoms with E-state index in [1.165, 1.54) is 0 Å². The summed E-state index contributed by atoms with van der Waals surface area (Å²) in [5.74, 6) is 6.82. The fourth-order valence-corrected chi connectivity index (χ4v) is 2.74. The minimum absolute atomic E-state index is 0.423. The molecule has 0 atom stereocenters. The van der Waals surface area contributed by atoms with Crippen molar-refractivity contribution in [1.29, 1.82) is 0 Å². The molecular weight excluding hydrogens is 282 g/mol. The van der Waals surface area contributed by atoms with E-state index in [2.05, 4.69) is 32.5 Å². The van der Waals surface area contributed by atoms with E-state index in [1.54, 1.807) is 13.8 Å². The highest BCUT2D eigenvalue weighted by molar-refractivity contribution is 5.94. The van der Waals surface area contributed by atoms with E-state index in [1.807, 2.05) is 22.7 Å². The molecule has 0 bridgehead atoms. The Kier molecular flexibility index (Phi) is 3.22. The van der Waals surface area contributed by atoms with Crippen LogP contribution in [0.5, 0.6) is 0 Å². The number of amidine groups is 1. The molecule has 0 spiro atoms. The number of nitrogens with one attached hydrogen (secondary N) is 1. The van der Waals surface area contributed by atoms with Gasteiger partial charge in [0.2, 0.25) is 0 Å². The Morgan fingerprint density at radius 1 is 1.50 bits per heavy atom. The van der Waals surface area contributed by atoms with Crippen LogP contribution in [0, 0.1) is 0 Å². The molecule has 8 nitrogen and oxygen atoms in total. The van der Waals surface area contributed by atoms with E-state index in [0.717, 1.165) is 18.7 Å². The van der Waals surface area contributed by atoms with Crippen LogP contribution >= 0.6 is 0 Å². The lowest BCUT2D eigenvalue weighted by Gasteiger charge is -2.19. The monoisotopic (exact) mass is 301 g/mol. The molecule has 0 aliphatic heterocycles. The summed E-state index contributed by atoms with van der Waals surface area (Å²) in [7, 11) is 0. The van der Waals surface area contributed by atoms with Gasteiger partial charge in [0.15, 0.2) is 17.3 Å². The maximum atomic E-state index is 10.3. The van der Waals surface area contributed by atoms with E-state index in [-0.39, 0.29) is 0 Å². The zero-order valence-corrected chi connectivity index (χ0v) is 12.6. The van der Waals surface area contributed by atoms with Crippen LogP contribution in [0.3, 0.4) is 0 Å². The predicted octanol–water partition coefficient (Wildman–Crippen LogP) is 0.466. The van der Waals surface area contributed by atoms with E-state index in [0.29, 0.717) is 17.0 Å². The normalized spacial score (nSPS) is 17.5. The van der Waals surface area contributed by atoms with Gasteiger partial charge < -0.3 is 10.5 Å². The summed E-state index contributed by atoms with van der Waals surface area (Å²) >= 11 is 0. The van der Waals surface area contributed by atoms with Crippen LogP contribution in [0.15, 0.2) is 28.5 Å². The number of hydrazine groups is 1. The van der Waals surface area contributed by atoms with Gasteiger partial charge in [-0.2, -0.15) is 5.10 Å². The number of rotatable bonds is 4. The second kappa shape index (κ2) is 4.85. The zero-order valence-electron chi connectivity index (χ0n) is 12.6. The highest BCUT2D eigenvalue weighted by atomic mass is 16.3. The van der Waals surface area contributed by atoms with Crippen molar-refractivity contribution >= 4 is 18.2 Å². The first-order chi connectivity index (χ1) is 10.4. The minimum Gasteiger partial charge on any atom is -0.386 e. The highest BCUT2D eigenvalue weighted by Crippen LogP contribution is 2.48. The van der Waals surface area contributed by atoms with Gasteiger partial charge in [-0.1, -0.05) is 6.07 Å². The molecule has 116 valence electrons. The third-order valence-corrected chi connectivity index (χ3v) is 4.03. The third kappa shape index (κ3) is 2.08. The molecule has 1 fully saturated rings. The Bertz CT molecular complexity index is 752. The summed E-state index contributed by atoms with van der Waals surface area (Å²) in [5.41, 5.74) is 2.50. The molecule has 0 radical (unpaired) electrons. The van der Waals surface area contributed by atoms with Crippen molar-refractivity contribution in [2.45, 2.75) is 37.7 Å². The van der Waals surface area contributed by atoms with Crippen molar-refractivity contribution in [2.75, 3.05) is 0 Å². The lowest BCUT2D eigenvalue weighted by molar-refractivity contribution is 0.0796. The largest absolute Gasteiger partial charge is 0.386 e. The van der Waals surface area contributed by atoms with Gasteiger partial charge in [-0.3, -0.25) is 4.40 Å². The van der Waals surface area contributed by atoms with Crippen LogP contribution in [0.2, 0.25) is 0 Å². The van der Waals surface area contributed by atoms with Gasteiger partial charge >= 0.3 is 0 Å². The molecule has 0 unspecified atom stereocenters. The van der Waals surface area contributed by atoms with E-state index < -0.39 is 11.0 Å². The van der Waals surface area contributed by atoms with Crippen LogP contribution in [0.4, 0.5) is 0 Å². The fourth-order valence-electron chi connectivity index (χ4n) is 2.74. The van der Waals surface area contributed by atoms with E-state index in [9.17, 15) is 5.11 Å². The summed E-state index contributed by atoms with van der Waals surface area (Å²) in [5, 5.41) is 26.4. The average Bonchev–Trinajstić information content (AvgIpc) is 3.15. The highest BCUT2D eigenvalue weighted by Gasteiger charge is 2.53. The van der Waals surface area contributed by atoms with Crippen molar-refractivity contribution in [3.63, 3.8) is 0 Å². The Morgan fingerprint density at radius 3 is 2.77 bits per heavy atom. The second-order valence-electron chi connectivity index (χ2n) is 6.01. The quantitative estimate of drug-likeness (QED) is 0.329. The number of hydrogen-bond acceptors (Lipinski definition) is 6. The van der Waals surface area contributed by atoms with Gasteiger partial charge in [0.25, 0.3) is 0 Å². The Labute approximate surface area is 127 Å². The molecule has 2 heterocycles. The van der Waals surface area contributed by atoms with Crippen LogP contribution in [0.1, 0.15) is 38.1 Å². The van der Waals surface area contributed by atoms with Gasteiger partial charge in [0, 0.05) is 18.5 Å². The maximum absolute atomic E-state index is 10.3. The predicted molar refractivity (Wildman–Crippen MR) is 83.5 cm³/mol. The summed E-state index contributed by atoms with van der Waals surface area (Å²) in [6.07, 6.45) is 3.56. The summed E-state index contributed by atoms with van der Waals surface area (Å²) in [6.45, 7) is 6.81. The molecule has 1 aliphatic rings. The van der Waals surface area contributed by atoms with Crippen molar-refractivity contribution < 1.29 is 5.11 Å². The first kappa shape index (κ1) is 14.6. The summed E-state index contributed by atoms with van der Waals surface area (Å²) in [6, 6.07) is 3.70. The Hall–Kier alpha value is -2.32. The Balaban J connectivity index is 2.18. The molecule has 8 heteroatoms. The van der Waals surface area contributed by atoms with Crippen LogP contribution in [-0.4, -0.2) is 32.3 Å². The number of nitrogens with zero attached hydrogens (tertiary/aromatic N) is 5. The number of aromatic nitrogens is 3. The molecule has 2 aromatic heterocycles. The fraction of sp³-hybridized carbons (Fsp3) is 0.429. The molecule has 0 saturated heterocycles. The van der Waals surface area contributed by atoms with Crippen LogP contribution in [0.25, 0.3) is 5.65 Å². The van der Waals surface area contributed by atoms with Gasteiger partial charge in [-0.15, -0.1) is 15.3 Å². The first-order valence-corrected chi connectivity index (χ1v) is 7.02. The molecule has 0 amide bonds. The van der Waals surface area contributed by atoms with E-state index >= 15 is 0 Å². The van der Waals surface area contributed by atoms with Crippen molar-refractivity contribution in [1.82, 2.24) is 20.0 Å². The van der Waals surface area contributed by atoms with Crippen LogP contribution in [-0.2, 0) is 11.0 Å². The minimum atomic E-state index is -1.00. The molecule has 22 heavy (non-hydrogen) atoms. The number of nitrogens with two attached hydrogens (primary N) is 1. The summed E-state index contributed by atoms with van der Waals surface area (Å²) < 4.78 is 1.87. The molecular formula is C14H19N7O. The van der Waals surface area contributed by atoms with Crippen LogP contribution < -0.4 is 11.3 Å². The zero-order chi connectivity index (χ0) is 16.0. The van der Waals surface area contributed by atoms with Crippen molar-refractivity contribution in [3.05, 3.63) is 29.7 Å². The SMILES string of the molecule is C=N/N=C(\NN)C1(c2nnc3c(C(C)(C)O)cccn23)CC1. The topological polar surface area (TPSA) is 113 Å². The summed E-state index contributed by atoms with van der Waals surface area (Å²) in [4.78, 5) is 0. The molecule has 0 aromatic carbocycles. The number of hydrogen-bond donors (Lipinski definition) is 3. The Morgan fingerprint density at radius 2 is 2.23 bits per heavy atom. The maximum Gasteiger partial charge on any atom is 0.166 e.